The zero-order valence-corrected chi connectivity index (χ0v) is 24.2. The molecule has 0 amide bonds. The third-order valence-corrected chi connectivity index (χ3v) is 12.3. The van der Waals surface area contributed by atoms with Gasteiger partial charge in [-0.15, -0.1) is 0 Å². The van der Waals surface area contributed by atoms with Crippen LogP contribution in [0.4, 0.5) is 0 Å². The lowest BCUT2D eigenvalue weighted by Crippen LogP contribution is -2.46. The van der Waals surface area contributed by atoms with Crippen molar-refractivity contribution in [1.29, 1.82) is 0 Å². The van der Waals surface area contributed by atoms with Crippen LogP contribution in [0, 0.1) is 46.3 Å². The minimum absolute atomic E-state index is 0.00139. The van der Waals surface area contributed by atoms with Gasteiger partial charge in [-0.2, -0.15) is 0 Å². The molecule has 0 spiro atoms. The predicted molar refractivity (Wildman–Crippen MR) is 151 cm³/mol. The summed E-state index contributed by atoms with van der Waals surface area (Å²) in [6, 6.07) is 0.402. The molecule has 0 aliphatic heterocycles. The molecular formula is C32H60N2O2. The van der Waals surface area contributed by atoms with E-state index in [1.54, 1.807) is 0 Å². The minimum atomic E-state index is -0.196. The lowest BCUT2D eigenvalue weighted by Gasteiger charge is -2.55. The summed E-state index contributed by atoms with van der Waals surface area (Å²) in [5.41, 5.74) is 1.09. The van der Waals surface area contributed by atoms with E-state index in [-0.39, 0.29) is 19.3 Å². The van der Waals surface area contributed by atoms with E-state index in [2.05, 4.69) is 38.3 Å². The average Bonchev–Trinajstić information content (AvgIpc) is 2.87. The molecule has 6 saturated carbocycles. The van der Waals surface area contributed by atoms with Crippen molar-refractivity contribution >= 4 is 0 Å². The quantitative estimate of drug-likeness (QED) is 0.202. The number of hydrogen-bond donors (Lipinski definition) is 4. The summed E-state index contributed by atoms with van der Waals surface area (Å²) in [5.74, 6) is 5.76. The molecule has 2 atom stereocenters. The fourth-order valence-corrected chi connectivity index (χ4v) is 9.82. The summed E-state index contributed by atoms with van der Waals surface area (Å²) < 4.78 is 0. The molecule has 2 unspecified atom stereocenters. The van der Waals surface area contributed by atoms with Gasteiger partial charge in [0.25, 0.3) is 0 Å². The number of fused-ring (bicyclic) bond motifs is 6. The van der Waals surface area contributed by atoms with E-state index in [0.29, 0.717) is 16.9 Å². The second-order valence-electron chi connectivity index (χ2n) is 14.6. The van der Waals surface area contributed by atoms with Crippen molar-refractivity contribution in [3.05, 3.63) is 0 Å². The van der Waals surface area contributed by atoms with Crippen LogP contribution in [-0.2, 0) is 0 Å². The van der Waals surface area contributed by atoms with Crippen LogP contribution in [0.25, 0.3) is 0 Å². The van der Waals surface area contributed by atoms with E-state index in [9.17, 15) is 10.2 Å². The Hall–Kier alpha value is -0.160. The van der Waals surface area contributed by atoms with Crippen LogP contribution in [0.5, 0.6) is 0 Å². The van der Waals surface area contributed by atoms with Gasteiger partial charge >= 0.3 is 0 Å². The van der Waals surface area contributed by atoms with Crippen molar-refractivity contribution in [2.24, 2.45) is 46.3 Å². The van der Waals surface area contributed by atoms with Crippen molar-refractivity contribution in [1.82, 2.24) is 10.6 Å². The molecule has 4 heteroatoms. The first-order valence-electron chi connectivity index (χ1n) is 16.0. The van der Waals surface area contributed by atoms with Crippen LogP contribution < -0.4 is 10.6 Å². The van der Waals surface area contributed by atoms with Gasteiger partial charge in [-0.05, 0) is 123 Å². The Labute approximate surface area is 223 Å². The Morgan fingerprint density at radius 2 is 1.00 bits per heavy atom. The van der Waals surface area contributed by atoms with Crippen molar-refractivity contribution in [3.63, 3.8) is 0 Å². The lowest BCUT2D eigenvalue weighted by molar-refractivity contribution is -0.0483. The molecule has 6 rings (SSSR count). The molecule has 210 valence electrons. The van der Waals surface area contributed by atoms with E-state index in [1.807, 2.05) is 0 Å². The van der Waals surface area contributed by atoms with E-state index in [4.69, 9.17) is 0 Å². The molecule has 36 heavy (non-hydrogen) atoms. The highest BCUT2D eigenvalue weighted by Crippen LogP contribution is 2.58. The molecule has 0 heterocycles. The van der Waals surface area contributed by atoms with Crippen LogP contribution in [0.15, 0.2) is 0 Å². The topological polar surface area (TPSA) is 64.5 Å². The van der Waals surface area contributed by atoms with Gasteiger partial charge in [0, 0.05) is 19.1 Å². The highest BCUT2D eigenvalue weighted by molar-refractivity contribution is 4.99. The first kappa shape index (κ1) is 28.8. The molecule has 4 nitrogen and oxygen atoms in total. The van der Waals surface area contributed by atoms with E-state index >= 15 is 0 Å². The first-order valence-corrected chi connectivity index (χ1v) is 16.0. The molecule has 6 aliphatic carbocycles. The molecule has 0 aromatic carbocycles. The molecular weight excluding hydrogens is 444 g/mol. The smallest absolute Gasteiger partial charge is 0.0607 e. The van der Waals surface area contributed by atoms with Crippen molar-refractivity contribution < 1.29 is 10.2 Å². The van der Waals surface area contributed by atoms with Crippen molar-refractivity contribution in [2.75, 3.05) is 26.3 Å². The average molecular weight is 505 g/mol. The fraction of sp³-hybridized carbons (Fsp3) is 1.00. The van der Waals surface area contributed by atoms with Crippen molar-refractivity contribution in [2.45, 2.75) is 130 Å². The Kier molecular flexibility index (Phi) is 10.2. The van der Waals surface area contributed by atoms with E-state index in [1.165, 1.54) is 89.9 Å². The van der Waals surface area contributed by atoms with Gasteiger partial charge in [0.1, 0.15) is 0 Å². The van der Waals surface area contributed by atoms with Gasteiger partial charge in [-0.1, -0.05) is 40.5 Å². The Morgan fingerprint density at radius 3 is 1.36 bits per heavy atom. The zero-order valence-electron chi connectivity index (χ0n) is 24.2. The van der Waals surface area contributed by atoms with Gasteiger partial charge in [0.2, 0.25) is 0 Å². The number of rotatable bonds is 15. The summed E-state index contributed by atoms with van der Waals surface area (Å²) in [5, 5.41) is 25.9. The number of aliphatic hydroxyl groups is 2. The number of aliphatic hydroxyl groups excluding tert-OH is 2. The molecule has 0 radical (unpaired) electrons. The standard InChI is InChI=1S/C32H60N2O2/c1-31(2)25-15-11-23(12-16-25)29(31)9-5-7-27(33-19-20-34-28(21-35)22-36)8-6-10-30-24-13-17-26(18-14-24)32(30,3)4/h23-30,33-36H,5-22H2,1-4H3. The molecule has 0 aromatic heterocycles. The second kappa shape index (κ2) is 12.8. The maximum absolute atomic E-state index is 9.35. The Morgan fingerprint density at radius 1 is 0.611 bits per heavy atom. The minimum Gasteiger partial charge on any atom is -0.395 e. The van der Waals surface area contributed by atoms with E-state index < -0.39 is 0 Å². The summed E-state index contributed by atoms with van der Waals surface area (Å²) in [6.07, 6.45) is 20.0. The number of nitrogens with one attached hydrogen (secondary N) is 2. The Balaban J connectivity index is 1.26. The Bertz CT molecular complexity index is 599. The van der Waals surface area contributed by atoms with Crippen LogP contribution in [0.3, 0.4) is 0 Å². The highest BCUT2D eigenvalue weighted by atomic mass is 16.3. The van der Waals surface area contributed by atoms with Gasteiger partial charge in [-0.3, -0.25) is 0 Å². The monoisotopic (exact) mass is 504 g/mol. The summed E-state index contributed by atoms with van der Waals surface area (Å²) >= 11 is 0. The molecule has 4 N–H and O–H groups in total. The normalized spacial score (nSPS) is 35.4. The number of hydrogen-bond acceptors (Lipinski definition) is 4. The van der Waals surface area contributed by atoms with Crippen LogP contribution in [-0.4, -0.2) is 48.6 Å². The van der Waals surface area contributed by atoms with Gasteiger partial charge in [-0.25, -0.2) is 0 Å². The fourth-order valence-electron chi connectivity index (χ4n) is 9.82. The first-order chi connectivity index (χ1) is 17.3. The van der Waals surface area contributed by atoms with Crippen LogP contribution >= 0.6 is 0 Å². The van der Waals surface area contributed by atoms with Crippen LogP contribution in [0.1, 0.15) is 118 Å². The largest absolute Gasteiger partial charge is 0.395 e. The van der Waals surface area contributed by atoms with Crippen LogP contribution in [0.2, 0.25) is 0 Å². The molecule has 0 saturated heterocycles. The highest BCUT2D eigenvalue weighted by Gasteiger charge is 2.49. The van der Waals surface area contributed by atoms with Crippen molar-refractivity contribution in [3.8, 4) is 0 Å². The molecule has 4 bridgehead atoms. The molecule has 0 aromatic rings. The summed E-state index contributed by atoms with van der Waals surface area (Å²) in [7, 11) is 0. The molecule has 6 aliphatic rings. The SMILES string of the molecule is CC1(C)C2CCC(CC2)C1CCCC(CCCC1C2CCC(CC2)C1(C)C)NCCNC(CO)CO. The van der Waals surface area contributed by atoms with E-state index in [0.717, 1.165) is 48.6 Å². The second-order valence-corrected chi connectivity index (χ2v) is 14.6. The van der Waals surface area contributed by atoms with Gasteiger partial charge < -0.3 is 20.8 Å². The third-order valence-electron chi connectivity index (χ3n) is 12.3. The maximum atomic E-state index is 9.35. The third kappa shape index (κ3) is 6.52. The van der Waals surface area contributed by atoms with Gasteiger partial charge in [0.05, 0.1) is 19.3 Å². The van der Waals surface area contributed by atoms with Gasteiger partial charge in [0.15, 0.2) is 0 Å². The predicted octanol–water partition coefficient (Wildman–Crippen LogP) is 6.15. The zero-order chi connectivity index (χ0) is 25.8. The lowest BCUT2D eigenvalue weighted by atomic mass is 9.51. The summed E-state index contributed by atoms with van der Waals surface area (Å²) in [4.78, 5) is 0. The maximum Gasteiger partial charge on any atom is 0.0607 e. The molecule has 6 fully saturated rings. The summed E-state index contributed by atoms with van der Waals surface area (Å²) in [6.45, 7) is 12.0.